The first-order chi connectivity index (χ1) is 10.4. The first kappa shape index (κ1) is 20.3. The van der Waals surface area contributed by atoms with E-state index in [1.165, 1.54) is 64.2 Å². The normalized spacial score (nSPS) is 10.5. The fraction of sp³-hybridized carbons (Fsp3) is 0.944. The number of nitrogens with zero attached hydrogens (tertiary/aromatic N) is 1. The molecule has 0 radical (unpaired) electrons. The molecule has 0 heterocycles. The monoisotopic (exact) mass is 297 g/mol. The van der Waals surface area contributed by atoms with Gasteiger partial charge in [-0.15, -0.1) is 0 Å². The first-order valence-electron chi connectivity index (χ1n) is 9.03. The van der Waals surface area contributed by atoms with Crippen molar-refractivity contribution < 1.29 is 9.53 Å². The van der Waals surface area contributed by atoms with Crippen LogP contribution in [0.25, 0.3) is 0 Å². The van der Waals surface area contributed by atoms with E-state index in [2.05, 4.69) is 11.9 Å². The van der Waals surface area contributed by atoms with E-state index in [1.807, 2.05) is 0 Å². The molecule has 0 atom stereocenters. The van der Waals surface area contributed by atoms with E-state index in [9.17, 15) is 4.79 Å². The van der Waals surface area contributed by atoms with Gasteiger partial charge in [-0.3, -0.25) is 0 Å². The van der Waals surface area contributed by atoms with Gasteiger partial charge in [0.05, 0.1) is 6.54 Å². The van der Waals surface area contributed by atoms with Crippen molar-refractivity contribution in [2.24, 2.45) is 4.99 Å². The number of ether oxygens (including phenoxy) is 1. The van der Waals surface area contributed by atoms with Crippen LogP contribution < -0.4 is 0 Å². The highest BCUT2D eigenvalue weighted by Gasteiger charge is 1.94. The highest BCUT2D eigenvalue weighted by molar-refractivity contribution is 5.32. The fourth-order valence-corrected chi connectivity index (χ4v) is 2.41. The lowest BCUT2D eigenvalue weighted by Gasteiger charge is -2.04. The molecule has 0 aromatic carbocycles. The summed E-state index contributed by atoms with van der Waals surface area (Å²) in [7, 11) is 0. The molecule has 124 valence electrons. The molecule has 3 heteroatoms. The molecule has 0 aromatic heterocycles. The van der Waals surface area contributed by atoms with E-state index in [1.54, 1.807) is 6.08 Å². The second-order valence-electron chi connectivity index (χ2n) is 5.83. The Balaban J connectivity index is 2.94. The lowest BCUT2D eigenvalue weighted by molar-refractivity contribution is 0.125. The number of unbranched alkanes of at least 4 members (excludes halogenated alkanes) is 11. The molecule has 0 aliphatic heterocycles. The third-order valence-corrected chi connectivity index (χ3v) is 3.77. The number of hydrogen-bond acceptors (Lipinski definition) is 3. The van der Waals surface area contributed by atoms with Gasteiger partial charge in [0.1, 0.15) is 0 Å². The minimum atomic E-state index is 0.637. The zero-order valence-corrected chi connectivity index (χ0v) is 14.1. The predicted octanol–water partition coefficient (Wildman–Crippen LogP) is 5.43. The van der Waals surface area contributed by atoms with E-state index in [0.717, 1.165) is 32.5 Å². The second kappa shape index (κ2) is 19.3. The highest BCUT2D eigenvalue weighted by atomic mass is 16.5. The number of carbonyl (C=O) groups excluding carboxylic acids is 1. The zero-order chi connectivity index (χ0) is 15.4. The molecule has 0 N–H and O–H groups in total. The molecule has 0 unspecified atom stereocenters. The minimum Gasteiger partial charge on any atom is -0.381 e. The summed E-state index contributed by atoms with van der Waals surface area (Å²) >= 11 is 0. The molecule has 0 aliphatic carbocycles. The Kier molecular flexibility index (Phi) is 18.7. The number of isocyanates is 1. The summed E-state index contributed by atoms with van der Waals surface area (Å²) in [4.78, 5) is 13.4. The molecule has 0 aromatic rings. The quantitative estimate of drug-likeness (QED) is 0.204. The van der Waals surface area contributed by atoms with Crippen LogP contribution >= 0.6 is 0 Å². The van der Waals surface area contributed by atoms with Crippen LogP contribution in [-0.4, -0.2) is 25.8 Å². The second-order valence-corrected chi connectivity index (χ2v) is 5.83. The predicted molar refractivity (Wildman–Crippen MR) is 89.5 cm³/mol. The Morgan fingerprint density at radius 1 is 0.714 bits per heavy atom. The molecule has 0 rings (SSSR count). The molecule has 0 spiro atoms. The Morgan fingerprint density at radius 2 is 1.19 bits per heavy atom. The number of hydrogen-bond donors (Lipinski definition) is 0. The van der Waals surface area contributed by atoms with E-state index in [4.69, 9.17) is 4.74 Å². The van der Waals surface area contributed by atoms with E-state index < -0.39 is 0 Å². The van der Waals surface area contributed by atoms with Crippen LogP contribution in [0.1, 0.15) is 90.4 Å². The summed E-state index contributed by atoms with van der Waals surface area (Å²) in [5.74, 6) is 0. The average Bonchev–Trinajstić information content (AvgIpc) is 2.50. The number of rotatable bonds is 17. The third kappa shape index (κ3) is 19.3. The lowest BCUT2D eigenvalue weighted by atomic mass is 10.1. The van der Waals surface area contributed by atoms with Crippen molar-refractivity contribution in [1.29, 1.82) is 0 Å². The zero-order valence-electron chi connectivity index (χ0n) is 14.1. The van der Waals surface area contributed by atoms with Gasteiger partial charge in [-0.05, 0) is 19.3 Å². The Morgan fingerprint density at radius 3 is 1.71 bits per heavy atom. The summed E-state index contributed by atoms with van der Waals surface area (Å²) in [6, 6.07) is 0. The smallest absolute Gasteiger partial charge is 0.234 e. The molecule has 0 saturated heterocycles. The van der Waals surface area contributed by atoms with Gasteiger partial charge in [0.2, 0.25) is 6.08 Å². The van der Waals surface area contributed by atoms with Gasteiger partial charge in [-0.1, -0.05) is 71.1 Å². The Hall–Kier alpha value is -0.660. The van der Waals surface area contributed by atoms with Gasteiger partial charge in [-0.2, -0.15) is 0 Å². The van der Waals surface area contributed by atoms with Gasteiger partial charge in [0, 0.05) is 13.2 Å². The third-order valence-electron chi connectivity index (χ3n) is 3.77. The summed E-state index contributed by atoms with van der Waals surface area (Å²) < 4.78 is 5.65. The maximum Gasteiger partial charge on any atom is 0.234 e. The molecule has 0 aliphatic rings. The molecule has 0 amide bonds. The summed E-state index contributed by atoms with van der Waals surface area (Å²) in [5, 5.41) is 0. The Labute approximate surface area is 131 Å². The average molecular weight is 297 g/mol. The van der Waals surface area contributed by atoms with Crippen molar-refractivity contribution in [2.75, 3.05) is 19.8 Å². The van der Waals surface area contributed by atoms with Crippen molar-refractivity contribution in [3.8, 4) is 0 Å². The van der Waals surface area contributed by atoms with Gasteiger partial charge in [-0.25, -0.2) is 9.79 Å². The lowest BCUT2D eigenvalue weighted by Crippen LogP contribution is -1.97. The van der Waals surface area contributed by atoms with Gasteiger partial charge in [0.25, 0.3) is 0 Å². The molecule has 0 bridgehead atoms. The maximum atomic E-state index is 9.86. The molecular weight excluding hydrogens is 262 g/mol. The maximum absolute atomic E-state index is 9.86. The van der Waals surface area contributed by atoms with Crippen molar-refractivity contribution >= 4 is 6.08 Å². The molecular formula is C18H35NO2. The van der Waals surface area contributed by atoms with Gasteiger partial charge in [0.15, 0.2) is 0 Å². The SMILES string of the molecule is CCCCCCCCCCOCCCCCCCN=C=O. The van der Waals surface area contributed by atoms with Crippen molar-refractivity contribution in [3.05, 3.63) is 0 Å². The van der Waals surface area contributed by atoms with Crippen LogP contribution in [0.3, 0.4) is 0 Å². The van der Waals surface area contributed by atoms with Crippen molar-refractivity contribution in [2.45, 2.75) is 90.4 Å². The summed E-state index contributed by atoms with van der Waals surface area (Å²) in [6.07, 6.45) is 18.2. The largest absolute Gasteiger partial charge is 0.381 e. The minimum absolute atomic E-state index is 0.637. The van der Waals surface area contributed by atoms with Gasteiger partial charge < -0.3 is 4.74 Å². The van der Waals surface area contributed by atoms with Crippen LogP contribution in [0.5, 0.6) is 0 Å². The standard InChI is InChI=1S/C18H35NO2/c1-2-3-4-5-6-7-10-13-16-21-17-14-11-8-9-12-15-19-18-20/h2-17H2,1H3. The number of aliphatic imine (C=N–C) groups is 1. The highest BCUT2D eigenvalue weighted by Crippen LogP contribution is 2.08. The summed E-state index contributed by atoms with van der Waals surface area (Å²) in [6.45, 7) is 4.74. The van der Waals surface area contributed by atoms with Gasteiger partial charge >= 0.3 is 0 Å². The van der Waals surface area contributed by atoms with Crippen LogP contribution in [0.4, 0.5) is 0 Å². The van der Waals surface area contributed by atoms with Crippen LogP contribution in [0.2, 0.25) is 0 Å². The molecule has 0 saturated carbocycles. The van der Waals surface area contributed by atoms with Crippen molar-refractivity contribution in [3.63, 3.8) is 0 Å². The molecule has 21 heavy (non-hydrogen) atoms. The van der Waals surface area contributed by atoms with Crippen LogP contribution in [0, 0.1) is 0 Å². The topological polar surface area (TPSA) is 38.7 Å². The van der Waals surface area contributed by atoms with E-state index in [-0.39, 0.29) is 0 Å². The van der Waals surface area contributed by atoms with Crippen molar-refractivity contribution in [1.82, 2.24) is 0 Å². The molecule has 0 fully saturated rings. The molecule has 3 nitrogen and oxygen atoms in total. The van der Waals surface area contributed by atoms with Crippen LogP contribution in [-0.2, 0) is 9.53 Å². The first-order valence-corrected chi connectivity index (χ1v) is 9.03. The fourth-order valence-electron chi connectivity index (χ4n) is 2.41. The van der Waals surface area contributed by atoms with E-state index >= 15 is 0 Å². The summed E-state index contributed by atoms with van der Waals surface area (Å²) in [5.41, 5.74) is 0. The Bertz CT molecular complexity index is 237. The van der Waals surface area contributed by atoms with E-state index in [0.29, 0.717) is 6.54 Å². The van der Waals surface area contributed by atoms with Crippen LogP contribution in [0.15, 0.2) is 4.99 Å².